The van der Waals surface area contributed by atoms with Crippen LogP contribution >= 0.6 is 0 Å². The zero-order valence-corrected chi connectivity index (χ0v) is 10.6. The fraction of sp³-hybridized carbons (Fsp3) is 0. The van der Waals surface area contributed by atoms with Crippen LogP contribution in [0.25, 0.3) is 22.3 Å². The molecular weight excluding hydrogens is 230 g/mol. The Morgan fingerprint density at radius 1 is 0.526 bits per heavy atom. The summed E-state index contributed by atoms with van der Waals surface area (Å²) in [4.78, 5) is 0. The smallest absolute Gasteiger partial charge is 0.0400 e. The first-order chi connectivity index (χ1) is 9.36. The van der Waals surface area contributed by atoms with Crippen LogP contribution in [0, 0.1) is 0 Å². The minimum absolute atomic E-state index is 0.813. The van der Waals surface area contributed by atoms with Gasteiger partial charge in [-0.3, -0.25) is 0 Å². The molecule has 0 fully saturated rings. The third-order valence-electron chi connectivity index (χ3n) is 3.24. The van der Waals surface area contributed by atoms with E-state index in [-0.39, 0.29) is 0 Å². The van der Waals surface area contributed by atoms with Crippen molar-refractivity contribution in [3.8, 4) is 22.3 Å². The van der Waals surface area contributed by atoms with Crippen molar-refractivity contribution in [2.45, 2.75) is 0 Å². The molecule has 0 saturated carbocycles. The van der Waals surface area contributed by atoms with Gasteiger partial charge in [-0.2, -0.15) is 0 Å². The second-order valence-corrected chi connectivity index (χ2v) is 4.50. The van der Waals surface area contributed by atoms with Crippen LogP contribution in [0.3, 0.4) is 0 Å². The van der Waals surface area contributed by atoms with Crippen LogP contribution in [0.2, 0.25) is 0 Å². The Hall–Kier alpha value is -2.54. The quantitative estimate of drug-likeness (QED) is 0.656. The van der Waals surface area contributed by atoms with E-state index >= 15 is 0 Å². The van der Waals surface area contributed by atoms with Gasteiger partial charge < -0.3 is 5.73 Å². The Morgan fingerprint density at radius 2 is 1.11 bits per heavy atom. The lowest BCUT2D eigenvalue weighted by atomic mass is 9.93. The summed E-state index contributed by atoms with van der Waals surface area (Å²) in [5, 5.41) is 0. The van der Waals surface area contributed by atoms with Gasteiger partial charge in [0.2, 0.25) is 0 Å². The molecule has 0 aliphatic heterocycles. The first-order valence-electron chi connectivity index (χ1n) is 6.35. The van der Waals surface area contributed by atoms with Crippen LogP contribution in [-0.2, 0) is 0 Å². The third-order valence-corrected chi connectivity index (χ3v) is 3.24. The lowest BCUT2D eigenvalue weighted by Crippen LogP contribution is -1.93. The SMILES string of the molecule is Nc1cccc(-c2ccccc2)c1-c1ccccc1. The molecule has 92 valence electrons. The van der Waals surface area contributed by atoms with E-state index in [1.807, 2.05) is 48.5 Å². The van der Waals surface area contributed by atoms with E-state index in [1.54, 1.807) is 0 Å². The van der Waals surface area contributed by atoms with E-state index in [1.165, 1.54) is 11.1 Å². The van der Waals surface area contributed by atoms with Crippen LogP contribution < -0.4 is 5.73 Å². The predicted octanol–water partition coefficient (Wildman–Crippen LogP) is 4.60. The number of hydrogen-bond donors (Lipinski definition) is 1. The first kappa shape index (κ1) is 11.5. The summed E-state index contributed by atoms with van der Waals surface area (Å²) in [5.41, 5.74) is 11.6. The zero-order chi connectivity index (χ0) is 13.1. The van der Waals surface area contributed by atoms with Crippen molar-refractivity contribution in [2.24, 2.45) is 0 Å². The lowest BCUT2D eigenvalue weighted by Gasteiger charge is -2.13. The fourth-order valence-electron chi connectivity index (χ4n) is 2.36. The van der Waals surface area contributed by atoms with Crippen LogP contribution in [0.5, 0.6) is 0 Å². The molecule has 0 bridgehead atoms. The van der Waals surface area contributed by atoms with E-state index in [2.05, 4.69) is 30.3 Å². The molecule has 3 aromatic rings. The van der Waals surface area contributed by atoms with Crippen molar-refractivity contribution in [3.05, 3.63) is 78.9 Å². The Bertz CT molecular complexity index is 673. The number of anilines is 1. The molecule has 1 heteroatoms. The third kappa shape index (κ3) is 2.23. The molecular formula is C18H15N. The monoisotopic (exact) mass is 245 g/mol. The molecule has 0 unspecified atom stereocenters. The Kier molecular flexibility index (Phi) is 3.03. The van der Waals surface area contributed by atoms with E-state index in [9.17, 15) is 0 Å². The molecule has 3 rings (SSSR count). The Balaban J connectivity index is 2.25. The fourth-order valence-corrected chi connectivity index (χ4v) is 2.36. The maximum absolute atomic E-state index is 6.19. The molecule has 0 radical (unpaired) electrons. The molecule has 0 aliphatic rings. The summed E-state index contributed by atoms with van der Waals surface area (Å²) in [6.07, 6.45) is 0. The Morgan fingerprint density at radius 3 is 1.74 bits per heavy atom. The number of hydrogen-bond acceptors (Lipinski definition) is 1. The van der Waals surface area contributed by atoms with Gasteiger partial charge in [-0.1, -0.05) is 72.8 Å². The van der Waals surface area contributed by atoms with Crippen LogP contribution in [-0.4, -0.2) is 0 Å². The average Bonchev–Trinajstić information content (AvgIpc) is 2.49. The molecule has 0 heterocycles. The van der Waals surface area contributed by atoms with Crippen molar-refractivity contribution >= 4 is 5.69 Å². The van der Waals surface area contributed by atoms with E-state index in [0.29, 0.717) is 0 Å². The van der Waals surface area contributed by atoms with Gasteiger partial charge in [0.25, 0.3) is 0 Å². The largest absolute Gasteiger partial charge is 0.398 e. The highest BCUT2D eigenvalue weighted by Gasteiger charge is 2.09. The number of nitrogens with two attached hydrogens (primary N) is 1. The molecule has 2 N–H and O–H groups in total. The van der Waals surface area contributed by atoms with Crippen LogP contribution in [0.4, 0.5) is 5.69 Å². The molecule has 1 nitrogen and oxygen atoms in total. The number of nitrogen functional groups attached to an aromatic ring is 1. The number of rotatable bonds is 2. The maximum atomic E-state index is 6.19. The summed E-state index contributed by atoms with van der Waals surface area (Å²) in [6, 6.07) is 26.7. The van der Waals surface area contributed by atoms with E-state index in [0.717, 1.165) is 16.8 Å². The summed E-state index contributed by atoms with van der Waals surface area (Å²) in [7, 11) is 0. The molecule has 0 amide bonds. The van der Waals surface area contributed by atoms with Crippen molar-refractivity contribution in [2.75, 3.05) is 5.73 Å². The van der Waals surface area contributed by atoms with Gasteiger partial charge in [0.15, 0.2) is 0 Å². The molecule has 0 spiro atoms. The van der Waals surface area contributed by atoms with Crippen molar-refractivity contribution in [3.63, 3.8) is 0 Å². The molecule has 0 aliphatic carbocycles. The standard InChI is InChI=1S/C18H15N/c19-17-13-7-12-16(14-8-3-1-4-9-14)18(17)15-10-5-2-6-11-15/h1-13H,19H2. The van der Waals surface area contributed by atoms with Crippen LogP contribution in [0.15, 0.2) is 78.9 Å². The Labute approximate surface area is 113 Å². The summed E-state index contributed by atoms with van der Waals surface area (Å²) in [5.74, 6) is 0. The number of benzene rings is 3. The van der Waals surface area contributed by atoms with Gasteiger partial charge >= 0.3 is 0 Å². The second kappa shape index (κ2) is 4.99. The van der Waals surface area contributed by atoms with Gasteiger partial charge in [0, 0.05) is 11.3 Å². The summed E-state index contributed by atoms with van der Waals surface area (Å²) in [6.45, 7) is 0. The average molecular weight is 245 g/mol. The molecule has 19 heavy (non-hydrogen) atoms. The zero-order valence-electron chi connectivity index (χ0n) is 10.6. The van der Waals surface area contributed by atoms with Gasteiger partial charge in [-0.15, -0.1) is 0 Å². The van der Waals surface area contributed by atoms with Gasteiger partial charge in [-0.05, 0) is 22.8 Å². The predicted molar refractivity (Wildman–Crippen MR) is 81.7 cm³/mol. The molecule has 0 atom stereocenters. The van der Waals surface area contributed by atoms with Gasteiger partial charge in [-0.25, -0.2) is 0 Å². The minimum atomic E-state index is 0.813. The maximum Gasteiger partial charge on any atom is 0.0400 e. The van der Waals surface area contributed by atoms with Gasteiger partial charge in [0.1, 0.15) is 0 Å². The first-order valence-corrected chi connectivity index (χ1v) is 6.35. The normalized spacial score (nSPS) is 10.3. The van der Waals surface area contributed by atoms with E-state index < -0.39 is 0 Å². The topological polar surface area (TPSA) is 26.0 Å². The van der Waals surface area contributed by atoms with Gasteiger partial charge in [0.05, 0.1) is 0 Å². The van der Waals surface area contributed by atoms with Crippen molar-refractivity contribution < 1.29 is 0 Å². The summed E-state index contributed by atoms with van der Waals surface area (Å²) < 4.78 is 0. The highest BCUT2D eigenvalue weighted by molar-refractivity contribution is 5.90. The highest BCUT2D eigenvalue weighted by Crippen LogP contribution is 2.36. The molecule has 0 aromatic heterocycles. The van der Waals surface area contributed by atoms with Crippen molar-refractivity contribution in [1.82, 2.24) is 0 Å². The van der Waals surface area contributed by atoms with E-state index in [4.69, 9.17) is 5.73 Å². The molecule has 0 saturated heterocycles. The minimum Gasteiger partial charge on any atom is -0.398 e. The van der Waals surface area contributed by atoms with Crippen LogP contribution in [0.1, 0.15) is 0 Å². The second-order valence-electron chi connectivity index (χ2n) is 4.50. The highest BCUT2D eigenvalue weighted by atomic mass is 14.6. The van der Waals surface area contributed by atoms with Crippen molar-refractivity contribution in [1.29, 1.82) is 0 Å². The summed E-state index contributed by atoms with van der Waals surface area (Å²) >= 11 is 0. The lowest BCUT2D eigenvalue weighted by molar-refractivity contribution is 1.58. The molecule has 3 aromatic carbocycles.